The van der Waals surface area contributed by atoms with E-state index in [9.17, 15) is 0 Å². The number of nitrogens with zero attached hydrogens (tertiary/aromatic N) is 3. The van der Waals surface area contributed by atoms with Gasteiger partial charge in [-0.3, -0.25) is 4.68 Å². The fourth-order valence-electron chi connectivity index (χ4n) is 1.38. The van der Waals surface area contributed by atoms with Gasteiger partial charge in [-0.05, 0) is 6.42 Å². The fraction of sp³-hybridized carbons (Fsp3) is 0.818. The zero-order valence-electron chi connectivity index (χ0n) is 10.7. The molecule has 0 radical (unpaired) electrons. The molecule has 0 bridgehead atoms. The first-order valence-corrected chi connectivity index (χ1v) is 5.95. The van der Waals surface area contributed by atoms with Crippen molar-refractivity contribution in [1.82, 2.24) is 20.1 Å². The normalized spacial score (nSPS) is 10.9. The van der Waals surface area contributed by atoms with Gasteiger partial charge in [-0.1, -0.05) is 0 Å². The summed E-state index contributed by atoms with van der Waals surface area (Å²) in [4.78, 5) is 4.15. The maximum atomic E-state index is 5.41. The fourth-order valence-corrected chi connectivity index (χ4v) is 1.38. The number of aromatic nitrogens is 3. The van der Waals surface area contributed by atoms with Gasteiger partial charge in [-0.2, -0.15) is 5.10 Å². The van der Waals surface area contributed by atoms with Gasteiger partial charge in [0.1, 0.15) is 6.33 Å². The summed E-state index contributed by atoms with van der Waals surface area (Å²) in [6.45, 7) is 4.00. The lowest BCUT2D eigenvalue weighted by Crippen LogP contribution is -2.23. The molecule has 0 amide bonds. The Morgan fingerprint density at radius 2 is 2.18 bits per heavy atom. The van der Waals surface area contributed by atoms with Gasteiger partial charge in [0.2, 0.25) is 0 Å². The molecule has 1 aromatic rings. The molecule has 1 aromatic heterocycles. The summed E-state index contributed by atoms with van der Waals surface area (Å²) in [5.41, 5.74) is 0. The van der Waals surface area contributed by atoms with Gasteiger partial charge in [0.15, 0.2) is 5.82 Å². The van der Waals surface area contributed by atoms with E-state index < -0.39 is 0 Å². The standard InChI is InChI=1S/C11H22N4O2/c1-15-10-13-11(14-15)4-5-12-6-9-17-8-3-7-16-2/h10,12H,3-9H2,1-2H3. The lowest BCUT2D eigenvalue weighted by atomic mass is 10.4. The largest absolute Gasteiger partial charge is 0.385 e. The SMILES string of the molecule is COCCCOCCNCCc1ncn(C)n1. The monoisotopic (exact) mass is 242 g/mol. The van der Waals surface area contributed by atoms with E-state index >= 15 is 0 Å². The number of methoxy groups -OCH3 is 1. The van der Waals surface area contributed by atoms with E-state index in [1.807, 2.05) is 7.05 Å². The first-order chi connectivity index (χ1) is 8.33. The maximum Gasteiger partial charge on any atom is 0.151 e. The molecular formula is C11H22N4O2. The van der Waals surface area contributed by atoms with Crippen LogP contribution in [0.1, 0.15) is 12.2 Å². The summed E-state index contributed by atoms with van der Waals surface area (Å²) in [5.74, 6) is 0.876. The van der Waals surface area contributed by atoms with E-state index in [0.29, 0.717) is 0 Å². The van der Waals surface area contributed by atoms with Crippen LogP contribution in [0.25, 0.3) is 0 Å². The van der Waals surface area contributed by atoms with Crippen molar-refractivity contribution >= 4 is 0 Å². The third kappa shape index (κ3) is 7.04. The number of nitrogens with one attached hydrogen (secondary N) is 1. The van der Waals surface area contributed by atoms with Gasteiger partial charge in [-0.25, -0.2) is 4.98 Å². The van der Waals surface area contributed by atoms with E-state index in [1.54, 1.807) is 18.1 Å². The van der Waals surface area contributed by atoms with Crippen LogP contribution in [0.2, 0.25) is 0 Å². The Bertz CT molecular complexity index is 291. The van der Waals surface area contributed by atoms with Crippen LogP contribution in [-0.4, -0.2) is 54.8 Å². The Labute approximate surface area is 102 Å². The average Bonchev–Trinajstić information content (AvgIpc) is 2.73. The highest BCUT2D eigenvalue weighted by molar-refractivity contribution is 4.81. The minimum Gasteiger partial charge on any atom is -0.385 e. The number of ether oxygens (including phenoxy) is 2. The lowest BCUT2D eigenvalue weighted by molar-refractivity contribution is 0.104. The lowest BCUT2D eigenvalue weighted by Gasteiger charge is -2.04. The van der Waals surface area contributed by atoms with E-state index in [0.717, 1.165) is 51.6 Å². The molecule has 0 unspecified atom stereocenters. The smallest absolute Gasteiger partial charge is 0.151 e. The Balaban J connectivity index is 1.84. The van der Waals surface area contributed by atoms with Gasteiger partial charge < -0.3 is 14.8 Å². The topological polar surface area (TPSA) is 61.2 Å². The van der Waals surface area contributed by atoms with Crippen LogP contribution in [-0.2, 0) is 22.9 Å². The molecule has 0 aromatic carbocycles. The molecular weight excluding hydrogens is 220 g/mol. The first kappa shape index (κ1) is 14.1. The molecule has 0 saturated heterocycles. The molecule has 0 fully saturated rings. The zero-order valence-corrected chi connectivity index (χ0v) is 10.7. The maximum absolute atomic E-state index is 5.41. The molecule has 0 spiro atoms. The zero-order chi connectivity index (χ0) is 12.3. The van der Waals surface area contributed by atoms with Gasteiger partial charge in [0.05, 0.1) is 6.61 Å². The second-order valence-corrected chi connectivity index (χ2v) is 3.79. The summed E-state index contributed by atoms with van der Waals surface area (Å²) < 4.78 is 12.1. The van der Waals surface area contributed by atoms with Crippen LogP contribution in [0.5, 0.6) is 0 Å². The molecule has 0 aliphatic carbocycles. The first-order valence-electron chi connectivity index (χ1n) is 5.95. The Morgan fingerprint density at radius 1 is 1.29 bits per heavy atom. The summed E-state index contributed by atoms with van der Waals surface area (Å²) in [6.07, 6.45) is 3.52. The van der Waals surface area contributed by atoms with E-state index in [-0.39, 0.29) is 0 Å². The Hall–Kier alpha value is -0.980. The van der Waals surface area contributed by atoms with Crippen molar-refractivity contribution < 1.29 is 9.47 Å². The third-order valence-corrected chi connectivity index (χ3v) is 2.23. The highest BCUT2D eigenvalue weighted by atomic mass is 16.5. The quantitative estimate of drug-likeness (QED) is 0.585. The number of hydrogen-bond acceptors (Lipinski definition) is 5. The molecule has 1 heterocycles. The molecule has 0 atom stereocenters. The van der Waals surface area contributed by atoms with Gasteiger partial charge in [-0.15, -0.1) is 0 Å². The second-order valence-electron chi connectivity index (χ2n) is 3.79. The Kier molecular flexibility index (Phi) is 7.53. The highest BCUT2D eigenvalue weighted by Crippen LogP contribution is 1.88. The second kappa shape index (κ2) is 9.09. The van der Waals surface area contributed by atoms with Crippen LogP contribution in [0.15, 0.2) is 6.33 Å². The van der Waals surface area contributed by atoms with Crippen LogP contribution >= 0.6 is 0 Å². The predicted octanol–water partition coefficient (Wildman–Crippen LogP) is 0.000300. The van der Waals surface area contributed by atoms with Gasteiger partial charge in [0.25, 0.3) is 0 Å². The molecule has 1 rings (SSSR count). The molecule has 0 aliphatic rings. The van der Waals surface area contributed by atoms with Crippen LogP contribution < -0.4 is 5.32 Å². The molecule has 98 valence electrons. The molecule has 0 aliphatic heterocycles. The van der Waals surface area contributed by atoms with Crippen molar-refractivity contribution in [3.05, 3.63) is 12.2 Å². The van der Waals surface area contributed by atoms with Crippen molar-refractivity contribution in [3.8, 4) is 0 Å². The van der Waals surface area contributed by atoms with E-state index in [4.69, 9.17) is 9.47 Å². The minimum atomic E-state index is 0.735. The number of aryl methyl sites for hydroxylation is 1. The molecule has 0 saturated carbocycles. The summed E-state index contributed by atoms with van der Waals surface area (Å²) in [7, 11) is 3.57. The third-order valence-electron chi connectivity index (χ3n) is 2.23. The number of hydrogen-bond donors (Lipinski definition) is 1. The van der Waals surface area contributed by atoms with Crippen molar-refractivity contribution in [3.63, 3.8) is 0 Å². The van der Waals surface area contributed by atoms with Crippen LogP contribution in [0.4, 0.5) is 0 Å². The minimum absolute atomic E-state index is 0.735. The Morgan fingerprint density at radius 3 is 2.88 bits per heavy atom. The summed E-state index contributed by atoms with van der Waals surface area (Å²) in [5, 5.41) is 7.49. The van der Waals surface area contributed by atoms with Crippen molar-refractivity contribution in [1.29, 1.82) is 0 Å². The average molecular weight is 242 g/mol. The van der Waals surface area contributed by atoms with E-state index in [1.165, 1.54) is 0 Å². The molecule has 6 heteroatoms. The van der Waals surface area contributed by atoms with Crippen LogP contribution in [0, 0.1) is 0 Å². The van der Waals surface area contributed by atoms with Gasteiger partial charge in [0, 0.05) is 46.9 Å². The predicted molar refractivity (Wildman–Crippen MR) is 64.9 cm³/mol. The van der Waals surface area contributed by atoms with Gasteiger partial charge >= 0.3 is 0 Å². The molecule has 17 heavy (non-hydrogen) atoms. The van der Waals surface area contributed by atoms with Crippen molar-refractivity contribution in [2.24, 2.45) is 7.05 Å². The number of rotatable bonds is 10. The summed E-state index contributed by atoms with van der Waals surface area (Å²) >= 11 is 0. The molecule has 1 N–H and O–H groups in total. The van der Waals surface area contributed by atoms with E-state index in [2.05, 4.69) is 15.4 Å². The van der Waals surface area contributed by atoms with Crippen molar-refractivity contribution in [2.75, 3.05) is 40.0 Å². The highest BCUT2D eigenvalue weighted by Gasteiger charge is 1.97. The summed E-state index contributed by atoms with van der Waals surface area (Å²) in [6, 6.07) is 0. The molecule has 6 nitrogen and oxygen atoms in total. The van der Waals surface area contributed by atoms with Crippen LogP contribution in [0.3, 0.4) is 0 Å². The van der Waals surface area contributed by atoms with Crippen molar-refractivity contribution in [2.45, 2.75) is 12.8 Å².